The number of carboxylic acids is 1. The molecule has 0 saturated carbocycles. The minimum Gasteiger partial charge on any atom is -0.479 e. The molecular formula is C9H15N3O3. The first-order valence-electron chi connectivity index (χ1n) is 4.86. The molecule has 0 saturated heterocycles. The van der Waals surface area contributed by atoms with Crippen molar-refractivity contribution in [2.45, 2.75) is 39.5 Å². The molecule has 0 aromatic carbocycles. The van der Waals surface area contributed by atoms with Crippen LogP contribution in [0.2, 0.25) is 0 Å². The molecule has 1 aromatic heterocycles. The van der Waals surface area contributed by atoms with Gasteiger partial charge >= 0.3 is 5.97 Å². The summed E-state index contributed by atoms with van der Waals surface area (Å²) in [4.78, 5) is 14.5. The first kappa shape index (κ1) is 11.6. The van der Waals surface area contributed by atoms with Crippen LogP contribution in [0, 0.1) is 0 Å². The molecule has 0 spiro atoms. The van der Waals surface area contributed by atoms with Crippen LogP contribution in [0.25, 0.3) is 0 Å². The third-order valence-corrected chi connectivity index (χ3v) is 1.94. The number of rotatable bonds is 6. The van der Waals surface area contributed by atoms with Gasteiger partial charge in [0.15, 0.2) is 11.9 Å². The van der Waals surface area contributed by atoms with Crippen LogP contribution in [-0.4, -0.2) is 31.9 Å². The minimum atomic E-state index is -0.975. The Labute approximate surface area is 87.9 Å². The molecule has 0 amide bonds. The number of ether oxygens (including phenoxy) is 1. The molecule has 1 atom stereocenters. The van der Waals surface area contributed by atoms with E-state index in [2.05, 4.69) is 10.1 Å². The third-order valence-electron chi connectivity index (χ3n) is 1.94. The van der Waals surface area contributed by atoms with Crippen molar-refractivity contribution in [3.05, 3.63) is 12.2 Å². The lowest BCUT2D eigenvalue weighted by Gasteiger charge is -2.08. The Balaban J connectivity index is 2.49. The number of aromatic nitrogens is 3. The standard InChI is InChI=1S/C9H15N3O3/c1-3-4-12-8(10-6-11-12)5-15-7(2)9(13)14/h6-7H,3-5H2,1-2H3,(H,13,14)/t7-/m0/s1. The average Bonchev–Trinajstić information content (AvgIpc) is 2.62. The molecule has 0 fully saturated rings. The fourth-order valence-corrected chi connectivity index (χ4v) is 1.07. The third kappa shape index (κ3) is 3.32. The molecule has 84 valence electrons. The van der Waals surface area contributed by atoms with Crippen molar-refractivity contribution in [1.29, 1.82) is 0 Å². The molecule has 0 aliphatic rings. The van der Waals surface area contributed by atoms with Gasteiger partial charge in [-0.25, -0.2) is 14.5 Å². The molecule has 1 aromatic rings. The quantitative estimate of drug-likeness (QED) is 0.751. The maximum atomic E-state index is 10.5. The van der Waals surface area contributed by atoms with Gasteiger partial charge in [0.05, 0.1) is 0 Å². The highest BCUT2D eigenvalue weighted by Crippen LogP contribution is 2.01. The maximum Gasteiger partial charge on any atom is 0.332 e. The van der Waals surface area contributed by atoms with Crippen LogP contribution in [0.5, 0.6) is 0 Å². The zero-order valence-electron chi connectivity index (χ0n) is 8.88. The summed E-state index contributed by atoms with van der Waals surface area (Å²) >= 11 is 0. The van der Waals surface area contributed by atoms with Crippen molar-refractivity contribution in [3.63, 3.8) is 0 Å². The number of carbonyl (C=O) groups is 1. The topological polar surface area (TPSA) is 77.2 Å². The molecular weight excluding hydrogens is 198 g/mol. The molecule has 1 N–H and O–H groups in total. The summed E-state index contributed by atoms with van der Waals surface area (Å²) in [5, 5.41) is 12.6. The number of hydrogen-bond acceptors (Lipinski definition) is 4. The minimum absolute atomic E-state index is 0.174. The maximum absolute atomic E-state index is 10.5. The number of carboxylic acid groups (broad SMARTS) is 1. The Morgan fingerprint density at radius 1 is 1.73 bits per heavy atom. The normalized spacial score (nSPS) is 12.7. The second-order valence-electron chi connectivity index (χ2n) is 3.19. The SMILES string of the molecule is CCCn1ncnc1CO[C@@H](C)C(=O)O. The fourth-order valence-electron chi connectivity index (χ4n) is 1.07. The van der Waals surface area contributed by atoms with Crippen LogP contribution in [0.1, 0.15) is 26.1 Å². The highest BCUT2D eigenvalue weighted by Gasteiger charge is 2.12. The molecule has 6 nitrogen and oxygen atoms in total. The van der Waals surface area contributed by atoms with Crippen LogP contribution in [0.4, 0.5) is 0 Å². The van der Waals surface area contributed by atoms with E-state index in [1.54, 1.807) is 4.68 Å². The van der Waals surface area contributed by atoms with Crippen molar-refractivity contribution in [1.82, 2.24) is 14.8 Å². The van der Waals surface area contributed by atoms with Gasteiger partial charge in [-0.1, -0.05) is 6.92 Å². The van der Waals surface area contributed by atoms with E-state index in [1.807, 2.05) is 6.92 Å². The van der Waals surface area contributed by atoms with Gasteiger partial charge in [-0.05, 0) is 13.3 Å². The van der Waals surface area contributed by atoms with Crippen LogP contribution in [-0.2, 0) is 22.7 Å². The van der Waals surface area contributed by atoms with Gasteiger partial charge in [0.25, 0.3) is 0 Å². The largest absolute Gasteiger partial charge is 0.479 e. The van der Waals surface area contributed by atoms with E-state index in [0.29, 0.717) is 5.82 Å². The van der Waals surface area contributed by atoms with Gasteiger partial charge in [0.2, 0.25) is 0 Å². The second-order valence-corrected chi connectivity index (χ2v) is 3.19. The summed E-state index contributed by atoms with van der Waals surface area (Å²) in [5.41, 5.74) is 0. The zero-order valence-corrected chi connectivity index (χ0v) is 8.88. The molecule has 6 heteroatoms. The highest BCUT2D eigenvalue weighted by molar-refractivity contribution is 5.71. The van der Waals surface area contributed by atoms with Crippen molar-refractivity contribution in [2.75, 3.05) is 0 Å². The number of hydrogen-bond donors (Lipinski definition) is 1. The van der Waals surface area contributed by atoms with E-state index in [-0.39, 0.29) is 6.61 Å². The zero-order chi connectivity index (χ0) is 11.3. The predicted molar refractivity (Wildman–Crippen MR) is 52.2 cm³/mol. The number of nitrogens with zero attached hydrogens (tertiary/aromatic N) is 3. The van der Waals surface area contributed by atoms with Crippen molar-refractivity contribution in [3.8, 4) is 0 Å². The Bertz CT molecular complexity index is 324. The average molecular weight is 213 g/mol. The predicted octanol–water partition coefficient (Wildman–Crippen LogP) is 0.678. The molecule has 1 rings (SSSR count). The second kappa shape index (κ2) is 5.45. The lowest BCUT2D eigenvalue weighted by molar-refractivity contribution is -0.150. The summed E-state index contributed by atoms with van der Waals surface area (Å²) in [6.45, 7) is 4.46. The molecule has 0 aliphatic heterocycles. The first-order chi connectivity index (χ1) is 7.15. The summed E-state index contributed by atoms with van der Waals surface area (Å²) in [6, 6.07) is 0. The van der Waals surface area contributed by atoms with Crippen LogP contribution < -0.4 is 0 Å². The smallest absolute Gasteiger partial charge is 0.332 e. The van der Waals surface area contributed by atoms with E-state index in [0.717, 1.165) is 13.0 Å². The highest BCUT2D eigenvalue weighted by atomic mass is 16.5. The molecule has 0 unspecified atom stereocenters. The Kier molecular flexibility index (Phi) is 4.23. The van der Waals surface area contributed by atoms with Gasteiger partial charge in [-0.15, -0.1) is 0 Å². The van der Waals surface area contributed by atoms with Crippen LogP contribution >= 0.6 is 0 Å². The van der Waals surface area contributed by atoms with Gasteiger partial charge < -0.3 is 9.84 Å². The summed E-state index contributed by atoms with van der Waals surface area (Å²) in [6.07, 6.45) is 1.57. The lowest BCUT2D eigenvalue weighted by Crippen LogP contribution is -2.20. The lowest BCUT2D eigenvalue weighted by atomic mass is 10.4. The van der Waals surface area contributed by atoms with Gasteiger partial charge in [0, 0.05) is 6.54 Å². The monoisotopic (exact) mass is 213 g/mol. The first-order valence-corrected chi connectivity index (χ1v) is 4.86. The van der Waals surface area contributed by atoms with Crippen molar-refractivity contribution >= 4 is 5.97 Å². The van der Waals surface area contributed by atoms with E-state index >= 15 is 0 Å². The molecule has 1 heterocycles. The van der Waals surface area contributed by atoms with Crippen LogP contribution in [0.15, 0.2) is 6.33 Å². The molecule has 0 radical (unpaired) electrons. The van der Waals surface area contributed by atoms with E-state index < -0.39 is 12.1 Å². The van der Waals surface area contributed by atoms with E-state index in [1.165, 1.54) is 13.3 Å². The van der Waals surface area contributed by atoms with E-state index in [9.17, 15) is 4.79 Å². The molecule has 0 aliphatic carbocycles. The van der Waals surface area contributed by atoms with Gasteiger partial charge in [-0.2, -0.15) is 5.10 Å². The summed E-state index contributed by atoms with van der Waals surface area (Å²) < 4.78 is 6.83. The Morgan fingerprint density at radius 2 is 2.47 bits per heavy atom. The van der Waals surface area contributed by atoms with Gasteiger partial charge in [-0.3, -0.25) is 0 Å². The summed E-state index contributed by atoms with van der Waals surface area (Å²) in [5.74, 6) is -0.318. The van der Waals surface area contributed by atoms with Crippen LogP contribution in [0.3, 0.4) is 0 Å². The Hall–Kier alpha value is -1.43. The number of aliphatic carboxylic acids is 1. The fraction of sp³-hybridized carbons (Fsp3) is 0.667. The molecule has 0 bridgehead atoms. The Morgan fingerprint density at radius 3 is 3.07 bits per heavy atom. The molecule has 15 heavy (non-hydrogen) atoms. The summed E-state index contributed by atoms with van der Waals surface area (Å²) in [7, 11) is 0. The van der Waals surface area contributed by atoms with Gasteiger partial charge in [0.1, 0.15) is 12.9 Å². The number of aryl methyl sites for hydroxylation is 1. The van der Waals surface area contributed by atoms with E-state index in [4.69, 9.17) is 9.84 Å². The van der Waals surface area contributed by atoms with Crippen molar-refractivity contribution in [2.24, 2.45) is 0 Å². The van der Waals surface area contributed by atoms with Crippen molar-refractivity contribution < 1.29 is 14.6 Å².